The van der Waals surface area contributed by atoms with Crippen LogP contribution in [0, 0.1) is 0 Å². The van der Waals surface area contributed by atoms with Crippen LogP contribution in [-0.2, 0) is 0 Å². The molecular formula is C10H20N2O. The van der Waals surface area contributed by atoms with Gasteiger partial charge in [-0.2, -0.15) is 0 Å². The first-order chi connectivity index (χ1) is 6.27. The summed E-state index contributed by atoms with van der Waals surface area (Å²) in [6.45, 7) is 5.01. The van der Waals surface area contributed by atoms with E-state index < -0.39 is 0 Å². The lowest BCUT2D eigenvalue weighted by molar-refractivity contribution is 0.0988. The molecule has 0 aliphatic carbocycles. The Morgan fingerprint density at radius 1 is 1.38 bits per heavy atom. The van der Waals surface area contributed by atoms with Crippen LogP contribution in [0.1, 0.15) is 26.2 Å². The fourth-order valence-electron chi connectivity index (χ4n) is 2.68. The largest absolute Gasteiger partial charge is 0.392 e. The standard InChI is InChI=1S/C10H20N2O/c1-8(13)7-12-9-2-3-10(12)6-11-5-4-9/h8-11,13H,2-7H2,1H3. The Morgan fingerprint density at radius 3 is 2.92 bits per heavy atom. The Bertz CT molecular complexity index is 158. The number of nitrogens with one attached hydrogen (secondary N) is 1. The van der Waals surface area contributed by atoms with Crippen molar-refractivity contribution in [2.75, 3.05) is 19.6 Å². The molecule has 3 atom stereocenters. The number of aliphatic hydroxyl groups excluding tert-OH is 1. The number of aliphatic hydroxyl groups is 1. The van der Waals surface area contributed by atoms with Gasteiger partial charge in [0.05, 0.1) is 6.10 Å². The Morgan fingerprint density at radius 2 is 2.15 bits per heavy atom. The molecule has 0 saturated carbocycles. The third-order valence-electron chi connectivity index (χ3n) is 3.28. The fraction of sp³-hybridized carbons (Fsp3) is 1.00. The van der Waals surface area contributed by atoms with E-state index in [-0.39, 0.29) is 6.10 Å². The summed E-state index contributed by atoms with van der Waals surface area (Å²) >= 11 is 0. The van der Waals surface area contributed by atoms with Gasteiger partial charge < -0.3 is 10.4 Å². The molecule has 3 nitrogen and oxygen atoms in total. The first kappa shape index (κ1) is 9.44. The Balaban J connectivity index is 1.99. The Kier molecular flexibility index (Phi) is 2.86. The molecule has 0 aromatic heterocycles. The van der Waals surface area contributed by atoms with E-state index >= 15 is 0 Å². The number of fused-ring (bicyclic) bond motifs is 2. The highest BCUT2D eigenvalue weighted by Gasteiger charge is 2.34. The van der Waals surface area contributed by atoms with Crippen molar-refractivity contribution in [3.8, 4) is 0 Å². The lowest BCUT2D eigenvalue weighted by Crippen LogP contribution is -2.41. The predicted octanol–water partition coefficient (Wildman–Crippen LogP) is 0.194. The normalized spacial score (nSPS) is 37.4. The van der Waals surface area contributed by atoms with Gasteiger partial charge in [-0.1, -0.05) is 0 Å². The summed E-state index contributed by atoms with van der Waals surface area (Å²) in [7, 11) is 0. The zero-order valence-electron chi connectivity index (χ0n) is 8.37. The van der Waals surface area contributed by atoms with Crippen molar-refractivity contribution < 1.29 is 5.11 Å². The molecule has 2 heterocycles. The van der Waals surface area contributed by atoms with E-state index in [0.29, 0.717) is 6.04 Å². The van der Waals surface area contributed by atoms with Crippen molar-refractivity contribution in [3.63, 3.8) is 0 Å². The van der Waals surface area contributed by atoms with Gasteiger partial charge in [-0.3, -0.25) is 4.90 Å². The maximum absolute atomic E-state index is 9.40. The van der Waals surface area contributed by atoms with E-state index in [1.54, 1.807) is 0 Å². The van der Waals surface area contributed by atoms with Crippen LogP contribution in [0.3, 0.4) is 0 Å². The fourth-order valence-corrected chi connectivity index (χ4v) is 2.68. The third kappa shape index (κ3) is 2.03. The average Bonchev–Trinajstić information content (AvgIpc) is 2.24. The van der Waals surface area contributed by atoms with Gasteiger partial charge in [0.1, 0.15) is 0 Å². The molecule has 2 saturated heterocycles. The van der Waals surface area contributed by atoms with Crippen LogP contribution in [0.25, 0.3) is 0 Å². The van der Waals surface area contributed by atoms with Gasteiger partial charge in [-0.25, -0.2) is 0 Å². The minimum atomic E-state index is -0.179. The van der Waals surface area contributed by atoms with Gasteiger partial charge in [0, 0.05) is 25.2 Å². The molecule has 2 aliphatic heterocycles. The quantitative estimate of drug-likeness (QED) is 0.643. The molecule has 0 aromatic rings. The minimum Gasteiger partial charge on any atom is -0.392 e. The highest BCUT2D eigenvalue weighted by atomic mass is 16.3. The molecule has 0 aromatic carbocycles. The molecule has 13 heavy (non-hydrogen) atoms. The zero-order chi connectivity index (χ0) is 9.26. The van der Waals surface area contributed by atoms with Gasteiger partial charge in [0.15, 0.2) is 0 Å². The summed E-state index contributed by atoms with van der Waals surface area (Å²) < 4.78 is 0. The van der Waals surface area contributed by atoms with Crippen LogP contribution < -0.4 is 5.32 Å². The third-order valence-corrected chi connectivity index (χ3v) is 3.28. The summed E-state index contributed by atoms with van der Waals surface area (Å²) in [5.41, 5.74) is 0. The SMILES string of the molecule is CC(O)CN1C2CCNCC1CC2. The highest BCUT2D eigenvalue weighted by molar-refractivity contribution is 4.92. The molecule has 2 fully saturated rings. The second kappa shape index (κ2) is 3.95. The molecule has 3 heteroatoms. The van der Waals surface area contributed by atoms with Crippen molar-refractivity contribution in [1.82, 2.24) is 10.2 Å². The van der Waals surface area contributed by atoms with E-state index in [2.05, 4.69) is 10.2 Å². The van der Waals surface area contributed by atoms with Crippen LogP contribution in [0.4, 0.5) is 0 Å². The Labute approximate surface area is 80.1 Å². The topological polar surface area (TPSA) is 35.5 Å². The van der Waals surface area contributed by atoms with Gasteiger partial charge in [0.2, 0.25) is 0 Å². The average molecular weight is 184 g/mol. The molecule has 3 unspecified atom stereocenters. The maximum Gasteiger partial charge on any atom is 0.0639 e. The smallest absolute Gasteiger partial charge is 0.0639 e. The zero-order valence-corrected chi connectivity index (χ0v) is 8.37. The summed E-state index contributed by atoms with van der Waals surface area (Å²) in [6.07, 6.45) is 3.72. The summed E-state index contributed by atoms with van der Waals surface area (Å²) in [4.78, 5) is 2.50. The second-order valence-corrected chi connectivity index (χ2v) is 4.42. The minimum absolute atomic E-state index is 0.179. The van der Waals surface area contributed by atoms with Crippen LogP contribution in [0.15, 0.2) is 0 Å². The number of hydrogen-bond donors (Lipinski definition) is 2. The van der Waals surface area contributed by atoms with E-state index in [0.717, 1.165) is 25.7 Å². The number of rotatable bonds is 2. The summed E-state index contributed by atoms with van der Waals surface area (Å²) in [5.74, 6) is 0. The molecular weight excluding hydrogens is 164 g/mol. The molecule has 2 N–H and O–H groups in total. The van der Waals surface area contributed by atoms with Crippen molar-refractivity contribution in [1.29, 1.82) is 0 Å². The lowest BCUT2D eigenvalue weighted by Gasteiger charge is -2.28. The molecule has 2 bridgehead atoms. The van der Waals surface area contributed by atoms with Crippen molar-refractivity contribution in [2.24, 2.45) is 0 Å². The van der Waals surface area contributed by atoms with Crippen molar-refractivity contribution >= 4 is 0 Å². The first-order valence-corrected chi connectivity index (χ1v) is 5.42. The summed E-state index contributed by atoms with van der Waals surface area (Å²) in [6, 6.07) is 1.41. The Hall–Kier alpha value is -0.120. The van der Waals surface area contributed by atoms with Crippen LogP contribution in [0.2, 0.25) is 0 Å². The molecule has 2 rings (SSSR count). The predicted molar refractivity (Wildman–Crippen MR) is 52.7 cm³/mol. The molecule has 76 valence electrons. The molecule has 0 amide bonds. The van der Waals surface area contributed by atoms with Crippen LogP contribution in [-0.4, -0.2) is 47.8 Å². The van der Waals surface area contributed by atoms with Crippen LogP contribution >= 0.6 is 0 Å². The number of hydrogen-bond acceptors (Lipinski definition) is 3. The monoisotopic (exact) mass is 184 g/mol. The summed E-state index contributed by atoms with van der Waals surface area (Å²) in [5, 5.41) is 12.9. The highest BCUT2D eigenvalue weighted by Crippen LogP contribution is 2.27. The lowest BCUT2D eigenvalue weighted by atomic mass is 10.1. The van der Waals surface area contributed by atoms with E-state index in [9.17, 15) is 5.11 Å². The van der Waals surface area contributed by atoms with Gasteiger partial charge in [-0.05, 0) is 32.7 Å². The van der Waals surface area contributed by atoms with E-state index in [1.165, 1.54) is 19.3 Å². The molecule has 0 spiro atoms. The molecule has 0 radical (unpaired) electrons. The first-order valence-electron chi connectivity index (χ1n) is 5.42. The maximum atomic E-state index is 9.40. The van der Waals surface area contributed by atoms with Crippen molar-refractivity contribution in [3.05, 3.63) is 0 Å². The van der Waals surface area contributed by atoms with E-state index in [4.69, 9.17) is 0 Å². The van der Waals surface area contributed by atoms with Crippen molar-refractivity contribution in [2.45, 2.75) is 44.4 Å². The van der Waals surface area contributed by atoms with Gasteiger partial charge >= 0.3 is 0 Å². The van der Waals surface area contributed by atoms with Gasteiger partial charge in [0.25, 0.3) is 0 Å². The molecule has 2 aliphatic rings. The van der Waals surface area contributed by atoms with E-state index in [1.807, 2.05) is 6.92 Å². The van der Waals surface area contributed by atoms with Gasteiger partial charge in [-0.15, -0.1) is 0 Å². The van der Waals surface area contributed by atoms with Crippen LogP contribution in [0.5, 0.6) is 0 Å². The number of nitrogens with zero attached hydrogens (tertiary/aromatic N) is 1. The second-order valence-electron chi connectivity index (χ2n) is 4.42.